The highest BCUT2D eigenvalue weighted by Gasteiger charge is 2.47. The first-order chi connectivity index (χ1) is 11.5. The molecule has 0 bridgehead atoms. The van der Waals surface area contributed by atoms with Crippen molar-refractivity contribution in [2.75, 3.05) is 43.4 Å². The molecule has 1 fully saturated rings. The minimum Gasteiger partial charge on any atom is -0.369 e. The van der Waals surface area contributed by atoms with E-state index in [-0.39, 0.29) is 11.9 Å². The van der Waals surface area contributed by atoms with Gasteiger partial charge < -0.3 is 20.0 Å². The zero-order chi connectivity index (χ0) is 17.3. The van der Waals surface area contributed by atoms with Crippen molar-refractivity contribution in [3.05, 3.63) is 24.3 Å². The number of nitrogens with zero attached hydrogens (tertiary/aromatic N) is 3. The van der Waals surface area contributed by atoms with Gasteiger partial charge >= 0.3 is 6.03 Å². The number of nitrogens with one attached hydrogen (secondary N) is 1. The summed E-state index contributed by atoms with van der Waals surface area (Å²) < 4.78 is 0. The number of likely N-dealkylation sites (N-methyl/N-ethyl adjacent to an activating group) is 1. The van der Waals surface area contributed by atoms with Gasteiger partial charge in [0.15, 0.2) is 0 Å². The lowest BCUT2D eigenvalue weighted by atomic mass is 9.83. The highest BCUT2D eigenvalue weighted by Crippen LogP contribution is 2.39. The normalized spacial score (nSPS) is 19.0. The second-order valence-electron chi connectivity index (χ2n) is 6.53. The van der Waals surface area contributed by atoms with Gasteiger partial charge in [0.2, 0.25) is 0 Å². The second-order valence-corrected chi connectivity index (χ2v) is 6.53. The van der Waals surface area contributed by atoms with Crippen LogP contribution in [0.2, 0.25) is 0 Å². The van der Waals surface area contributed by atoms with E-state index in [1.54, 1.807) is 4.90 Å². The molecule has 1 spiro atoms. The predicted octanol–water partition coefficient (Wildman–Crippen LogP) is 2.37. The number of rotatable bonds is 2. The molecule has 0 atom stereocenters. The van der Waals surface area contributed by atoms with Gasteiger partial charge in [0, 0.05) is 33.2 Å². The van der Waals surface area contributed by atoms with Gasteiger partial charge in [-0.15, -0.1) is 0 Å². The summed E-state index contributed by atoms with van der Waals surface area (Å²) in [7, 11) is 1.83. The van der Waals surface area contributed by atoms with Crippen molar-refractivity contribution in [1.82, 2.24) is 9.80 Å². The van der Waals surface area contributed by atoms with Gasteiger partial charge in [-0.3, -0.25) is 4.79 Å². The molecule has 3 amide bonds. The van der Waals surface area contributed by atoms with Gasteiger partial charge in [0.1, 0.15) is 5.54 Å². The summed E-state index contributed by atoms with van der Waals surface area (Å²) in [5.74, 6) is 0.0936. The zero-order valence-electron chi connectivity index (χ0n) is 14.7. The number of piperidine rings is 1. The third-order valence-electron chi connectivity index (χ3n) is 5.27. The number of hydrogen-bond donors (Lipinski definition) is 1. The van der Waals surface area contributed by atoms with Gasteiger partial charge in [-0.2, -0.15) is 0 Å². The lowest BCUT2D eigenvalue weighted by Gasteiger charge is -2.47. The van der Waals surface area contributed by atoms with Crippen molar-refractivity contribution in [3.8, 4) is 0 Å². The second kappa shape index (κ2) is 6.34. The van der Waals surface area contributed by atoms with Gasteiger partial charge in [-0.25, -0.2) is 4.79 Å². The van der Waals surface area contributed by atoms with Gasteiger partial charge in [0.05, 0.1) is 11.4 Å². The fraction of sp³-hybridized carbons (Fsp3) is 0.556. The fourth-order valence-corrected chi connectivity index (χ4v) is 3.73. The molecule has 130 valence electrons. The topological polar surface area (TPSA) is 55.9 Å². The van der Waals surface area contributed by atoms with Crippen molar-refractivity contribution in [2.45, 2.75) is 32.2 Å². The Kier molecular flexibility index (Phi) is 4.39. The van der Waals surface area contributed by atoms with Crippen LogP contribution in [0, 0.1) is 0 Å². The highest BCUT2D eigenvalue weighted by atomic mass is 16.2. The molecule has 6 heteroatoms. The predicted molar refractivity (Wildman–Crippen MR) is 95.3 cm³/mol. The molecule has 0 aliphatic carbocycles. The number of amides is 3. The van der Waals surface area contributed by atoms with E-state index < -0.39 is 5.54 Å². The van der Waals surface area contributed by atoms with E-state index in [2.05, 4.69) is 5.32 Å². The lowest BCUT2D eigenvalue weighted by Crippen LogP contribution is -2.62. The maximum atomic E-state index is 12.9. The summed E-state index contributed by atoms with van der Waals surface area (Å²) in [5, 5.41) is 3.47. The smallest absolute Gasteiger partial charge is 0.319 e. The third-order valence-corrected chi connectivity index (χ3v) is 5.27. The van der Waals surface area contributed by atoms with Crippen LogP contribution in [0.4, 0.5) is 16.2 Å². The number of carbonyl (C=O) groups is 2. The number of fused-ring (bicyclic) bond motifs is 1. The van der Waals surface area contributed by atoms with E-state index in [1.165, 1.54) is 0 Å². The van der Waals surface area contributed by atoms with Crippen molar-refractivity contribution >= 4 is 23.3 Å². The molecule has 1 aromatic carbocycles. The van der Waals surface area contributed by atoms with Crippen LogP contribution in [0.25, 0.3) is 0 Å². The molecule has 2 heterocycles. The minimum absolute atomic E-state index is 0.0758. The first-order valence-electron chi connectivity index (χ1n) is 8.71. The fourth-order valence-electron chi connectivity index (χ4n) is 3.73. The first-order valence-corrected chi connectivity index (χ1v) is 8.71. The number of urea groups is 1. The quantitative estimate of drug-likeness (QED) is 0.906. The van der Waals surface area contributed by atoms with Crippen molar-refractivity contribution < 1.29 is 9.59 Å². The number of benzene rings is 1. The Balaban J connectivity index is 1.76. The molecule has 1 N–H and O–H groups in total. The average molecular weight is 330 g/mol. The van der Waals surface area contributed by atoms with E-state index in [1.807, 2.05) is 55.0 Å². The standard InChI is InChI=1S/C18H26N4O2/c1-4-21(5-2)17(24)22-12-10-18(11-13-22)16(23)20(3)15-9-7-6-8-14(15)19-18/h6-9,19H,4-5,10-13H2,1-3H3. The third kappa shape index (κ3) is 2.60. The molecule has 6 nitrogen and oxygen atoms in total. The Labute approximate surface area is 143 Å². The summed E-state index contributed by atoms with van der Waals surface area (Å²) in [5.41, 5.74) is 1.31. The van der Waals surface area contributed by atoms with Crippen LogP contribution in [0.3, 0.4) is 0 Å². The number of likely N-dealkylation sites (tertiary alicyclic amines) is 1. The van der Waals surface area contributed by atoms with E-state index in [0.717, 1.165) is 11.4 Å². The maximum Gasteiger partial charge on any atom is 0.319 e. The summed E-state index contributed by atoms with van der Waals surface area (Å²) in [6.07, 6.45) is 1.27. The monoisotopic (exact) mass is 330 g/mol. The number of anilines is 2. The Bertz CT molecular complexity index is 634. The summed E-state index contributed by atoms with van der Waals surface area (Å²) in [6.45, 7) is 6.61. The van der Waals surface area contributed by atoms with Crippen LogP contribution in [0.15, 0.2) is 24.3 Å². The van der Waals surface area contributed by atoms with Crippen molar-refractivity contribution in [3.63, 3.8) is 0 Å². The van der Waals surface area contributed by atoms with Crippen LogP contribution in [0.5, 0.6) is 0 Å². The minimum atomic E-state index is -0.594. The largest absolute Gasteiger partial charge is 0.369 e. The molecule has 0 aromatic heterocycles. The van der Waals surface area contributed by atoms with Crippen molar-refractivity contribution in [2.24, 2.45) is 0 Å². The van der Waals surface area contributed by atoms with Crippen LogP contribution in [0.1, 0.15) is 26.7 Å². The maximum absolute atomic E-state index is 12.9. The van der Waals surface area contributed by atoms with Gasteiger partial charge in [0.25, 0.3) is 5.91 Å². The van der Waals surface area contributed by atoms with Crippen LogP contribution in [-0.2, 0) is 4.79 Å². The molecule has 2 aliphatic heterocycles. The molecule has 0 saturated carbocycles. The Morgan fingerprint density at radius 2 is 1.83 bits per heavy atom. The molecular formula is C18H26N4O2. The van der Waals surface area contributed by atoms with Crippen molar-refractivity contribution in [1.29, 1.82) is 0 Å². The average Bonchev–Trinajstić information content (AvgIpc) is 2.61. The number of hydrogen-bond acceptors (Lipinski definition) is 3. The molecule has 0 unspecified atom stereocenters. The highest BCUT2D eigenvalue weighted by molar-refractivity contribution is 6.07. The van der Waals surface area contributed by atoms with E-state index >= 15 is 0 Å². The molecular weight excluding hydrogens is 304 g/mol. The zero-order valence-corrected chi connectivity index (χ0v) is 14.7. The van der Waals surface area contributed by atoms with E-state index in [9.17, 15) is 9.59 Å². The molecule has 0 radical (unpaired) electrons. The van der Waals surface area contributed by atoms with Crippen LogP contribution < -0.4 is 10.2 Å². The lowest BCUT2D eigenvalue weighted by molar-refractivity contribution is -0.124. The Hall–Kier alpha value is -2.24. The summed E-state index contributed by atoms with van der Waals surface area (Å²) >= 11 is 0. The van der Waals surface area contributed by atoms with Gasteiger partial charge in [-0.1, -0.05) is 12.1 Å². The molecule has 1 saturated heterocycles. The Morgan fingerprint density at radius 1 is 1.21 bits per heavy atom. The molecule has 1 aromatic rings. The van der Waals surface area contributed by atoms with Crippen LogP contribution in [-0.4, -0.2) is 60.5 Å². The van der Waals surface area contributed by atoms with Gasteiger partial charge in [-0.05, 0) is 38.8 Å². The number of carbonyl (C=O) groups excluding carboxylic acids is 2. The van der Waals surface area contributed by atoms with Crippen LogP contribution >= 0.6 is 0 Å². The van der Waals surface area contributed by atoms with E-state index in [4.69, 9.17) is 0 Å². The Morgan fingerprint density at radius 3 is 2.46 bits per heavy atom. The molecule has 2 aliphatic rings. The first kappa shape index (κ1) is 16.6. The van der Waals surface area contributed by atoms with E-state index in [0.29, 0.717) is 39.0 Å². The summed E-state index contributed by atoms with van der Waals surface area (Å²) in [4.78, 5) is 30.9. The molecule has 24 heavy (non-hydrogen) atoms. The summed E-state index contributed by atoms with van der Waals surface area (Å²) in [6, 6.07) is 7.95. The SMILES string of the molecule is CCN(CC)C(=O)N1CCC2(CC1)Nc1ccccc1N(C)C2=O. The number of para-hydroxylation sites is 2. The molecule has 3 rings (SSSR count).